The highest BCUT2D eigenvalue weighted by atomic mass is 16.5. The number of benzene rings is 4. The lowest BCUT2D eigenvalue weighted by Crippen LogP contribution is -2.43. The number of aromatic hydroxyl groups is 2. The van der Waals surface area contributed by atoms with E-state index in [1.165, 1.54) is 0 Å². The van der Waals surface area contributed by atoms with Gasteiger partial charge >= 0.3 is 0 Å². The maximum Gasteiger partial charge on any atom is 0.128 e. The molecule has 196 valence electrons. The topological polar surface area (TPSA) is 65.4 Å². The highest BCUT2D eigenvalue weighted by Gasteiger charge is 2.21. The lowest BCUT2D eigenvalue weighted by Gasteiger charge is -2.36. The molecule has 4 aromatic rings. The Bertz CT molecular complexity index is 1270. The Hall–Kier alpha value is -4.00. The van der Waals surface area contributed by atoms with Crippen LogP contribution in [0.4, 0.5) is 0 Å². The average molecular weight is 511 g/mol. The smallest absolute Gasteiger partial charge is 0.128 e. The molecule has 4 aromatic carbocycles. The second kappa shape index (κ2) is 11.6. The van der Waals surface area contributed by atoms with Gasteiger partial charge in [-0.15, -0.1) is 0 Å². The van der Waals surface area contributed by atoms with Gasteiger partial charge in [-0.1, -0.05) is 36.4 Å². The van der Waals surface area contributed by atoms with Crippen LogP contribution in [0.2, 0.25) is 0 Å². The predicted octanol–water partition coefficient (Wildman–Crippen LogP) is 6.96. The van der Waals surface area contributed by atoms with Crippen LogP contribution >= 0.6 is 0 Å². The third-order valence-corrected chi connectivity index (χ3v) is 6.80. The molecule has 0 atom stereocenters. The first-order chi connectivity index (χ1) is 18.4. The zero-order valence-corrected chi connectivity index (χ0v) is 21.9. The number of para-hydroxylation sites is 2. The molecule has 6 nitrogen and oxygen atoms in total. The minimum atomic E-state index is 0.307. The molecule has 1 aliphatic rings. The molecular formula is C32H34N2O4. The molecule has 38 heavy (non-hydrogen) atoms. The summed E-state index contributed by atoms with van der Waals surface area (Å²) in [6, 6.07) is 26.9. The molecule has 0 bridgehead atoms. The van der Waals surface area contributed by atoms with Crippen LogP contribution in [-0.2, 0) is 13.1 Å². The number of hydrogen-bond donors (Lipinski definition) is 2. The second-order valence-electron chi connectivity index (χ2n) is 9.93. The Kier molecular flexibility index (Phi) is 7.82. The summed E-state index contributed by atoms with van der Waals surface area (Å²) < 4.78 is 12.1. The summed E-state index contributed by atoms with van der Waals surface area (Å²) in [7, 11) is 0. The lowest BCUT2D eigenvalue weighted by molar-refractivity contribution is 0.0733. The molecule has 2 N–H and O–H groups in total. The molecule has 0 spiro atoms. The summed E-state index contributed by atoms with van der Waals surface area (Å²) in [6.07, 6.45) is 1.000. The van der Waals surface area contributed by atoms with Crippen molar-refractivity contribution >= 4 is 0 Å². The number of rotatable bonds is 8. The zero-order valence-electron chi connectivity index (χ0n) is 21.9. The molecule has 0 unspecified atom stereocenters. The number of ether oxygens (including phenoxy) is 2. The molecule has 0 amide bonds. The molecule has 0 saturated carbocycles. The fourth-order valence-electron chi connectivity index (χ4n) is 4.92. The minimum Gasteiger partial charge on any atom is -0.507 e. The fourth-order valence-corrected chi connectivity index (χ4v) is 4.92. The first-order valence-corrected chi connectivity index (χ1v) is 13.0. The Morgan fingerprint density at radius 2 is 1.03 bits per heavy atom. The molecule has 0 aliphatic carbocycles. The van der Waals surface area contributed by atoms with Crippen LogP contribution < -0.4 is 9.47 Å². The van der Waals surface area contributed by atoms with Crippen LogP contribution in [0.3, 0.4) is 0 Å². The van der Waals surface area contributed by atoms with E-state index in [4.69, 9.17) is 9.47 Å². The second-order valence-corrected chi connectivity index (χ2v) is 9.93. The fraction of sp³-hybridized carbons (Fsp3) is 0.250. The van der Waals surface area contributed by atoms with Crippen molar-refractivity contribution in [3.8, 4) is 34.5 Å². The number of phenols is 2. The largest absolute Gasteiger partial charge is 0.507 e. The lowest BCUT2D eigenvalue weighted by atomic mass is 10.1. The Morgan fingerprint density at radius 1 is 0.605 bits per heavy atom. The molecule has 1 fully saturated rings. The van der Waals surface area contributed by atoms with Crippen LogP contribution in [0.15, 0.2) is 84.9 Å². The van der Waals surface area contributed by atoms with Crippen LogP contribution in [0.5, 0.6) is 34.5 Å². The number of hydrogen-bond acceptors (Lipinski definition) is 6. The summed E-state index contributed by atoms with van der Waals surface area (Å²) in [4.78, 5) is 4.64. The maximum atomic E-state index is 10.8. The standard InChI is InChI=1S/C32H34N2O4/c1-23-16-29(37-27-10-5-3-6-11-27)18-25(31(23)35)20-33-14-9-15-34(22-33)21-26-19-30(17-24(2)32(26)36)38-28-12-7-4-8-13-28/h3-8,10-13,16-19,35-36H,9,14-15,20-22H2,1-2H3. The SMILES string of the molecule is Cc1cc(Oc2ccccc2)cc(CN2CCCN(Cc3cc(Oc4ccccc4)cc(C)c3O)C2)c1O. The summed E-state index contributed by atoms with van der Waals surface area (Å²) >= 11 is 0. The van der Waals surface area contributed by atoms with Crippen molar-refractivity contribution in [3.05, 3.63) is 107 Å². The first-order valence-electron chi connectivity index (χ1n) is 13.0. The highest BCUT2D eigenvalue weighted by Crippen LogP contribution is 2.34. The van der Waals surface area contributed by atoms with Crippen LogP contribution in [0.1, 0.15) is 28.7 Å². The molecule has 0 aromatic heterocycles. The highest BCUT2D eigenvalue weighted by molar-refractivity contribution is 5.48. The number of nitrogens with zero attached hydrogens (tertiary/aromatic N) is 2. The molecule has 1 heterocycles. The van der Waals surface area contributed by atoms with E-state index in [1.54, 1.807) is 0 Å². The normalized spacial score (nSPS) is 14.4. The van der Waals surface area contributed by atoms with Crippen molar-refractivity contribution in [2.75, 3.05) is 19.8 Å². The molecule has 0 radical (unpaired) electrons. The van der Waals surface area contributed by atoms with Gasteiger partial charge in [0.2, 0.25) is 0 Å². The quantitative estimate of drug-likeness (QED) is 0.267. The van der Waals surface area contributed by atoms with Gasteiger partial charge in [0.25, 0.3) is 0 Å². The van der Waals surface area contributed by atoms with Crippen molar-refractivity contribution < 1.29 is 19.7 Å². The predicted molar refractivity (Wildman–Crippen MR) is 149 cm³/mol. The first kappa shape index (κ1) is 25.6. The summed E-state index contributed by atoms with van der Waals surface area (Å²) in [5, 5.41) is 21.6. The van der Waals surface area contributed by atoms with Gasteiger partial charge in [0.15, 0.2) is 0 Å². The third kappa shape index (κ3) is 6.28. The molecule has 5 rings (SSSR count). The number of aryl methyl sites for hydroxylation is 2. The van der Waals surface area contributed by atoms with E-state index in [2.05, 4.69) is 9.80 Å². The van der Waals surface area contributed by atoms with Gasteiger partial charge in [0.05, 0.1) is 6.67 Å². The minimum absolute atomic E-state index is 0.307. The van der Waals surface area contributed by atoms with Gasteiger partial charge in [-0.05, 0) is 79.9 Å². The number of phenolic OH excluding ortho intramolecular Hbond substituents is 2. The summed E-state index contributed by atoms with van der Waals surface area (Å²) in [5.41, 5.74) is 3.26. The van der Waals surface area contributed by atoms with E-state index >= 15 is 0 Å². The van der Waals surface area contributed by atoms with E-state index in [1.807, 2.05) is 98.8 Å². The molecule has 6 heteroatoms. The van der Waals surface area contributed by atoms with Crippen molar-refractivity contribution in [1.29, 1.82) is 0 Å². The Morgan fingerprint density at radius 3 is 1.45 bits per heavy atom. The Balaban J connectivity index is 1.28. The van der Waals surface area contributed by atoms with Gasteiger partial charge in [0, 0.05) is 37.3 Å². The Labute approximate surface area is 224 Å². The zero-order chi connectivity index (χ0) is 26.5. The van der Waals surface area contributed by atoms with E-state index < -0.39 is 0 Å². The van der Waals surface area contributed by atoms with Gasteiger partial charge in [-0.3, -0.25) is 9.80 Å². The summed E-state index contributed by atoms with van der Waals surface area (Å²) in [5.74, 6) is 3.57. The van der Waals surface area contributed by atoms with Crippen LogP contribution in [0, 0.1) is 13.8 Å². The average Bonchev–Trinajstić information content (AvgIpc) is 2.91. The maximum absolute atomic E-state index is 10.8. The summed E-state index contributed by atoms with van der Waals surface area (Å²) in [6.45, 7) is 7.60. The molecular weight excluding hydrogens is 476 g/mol. The van der Waals surface area contributed by atoms with Crippen molar-refractivity contribution in [2.24, 2.45) is 0 Å². The van der Waals surface area contributed by atoms with Gasteiger partial charge < -0.3 is 19.7 Å². The van der Waals surface area contributed by atoms with Crippen LogP contribution in [-0.4, -0.2) is 39.8 Å². The van der Waals surface area contributed by atoms with Crippen LogP contribution in [0.25, 0.3) is 0 Å². The van der Waals surface area contributed by atoms with Gasteiger partial charge in [-0.2, -0.15) is 0 Å². The van der Waals surface area contributed by atoms with Crippen molar-refractivity contribution in [2.45, 2.75) is 33.4 Å². The van der Waals surface area contributed by atoms with Crippen molar-refractivity contribution in [3.63, 3.8) is 0 Å². The molecule has 1 saturated heterocycles. The van der Waals surface area contributed by atoms with Crippen molar-refractivity contribution in [1.82, 2.24) is 9.80 Å². The monoisotopic (exact) mass is 510 g/mol. The van der Waals surface area contributed by atoms with E-state index in [-0.39, 0.29) is 0 Å². The van der Waals surface area contributed by atoms with E-state index in [0.29, 0.717) is 36.1 Å². The van der Waals surface area contributed by atoms with Gasteiger partial charge in [0.1, 0.15) is 34.5 Å². The van der Waals surface area contributed by atoms with E-state index in [0.717, 1.165) is 59.9 Å². The molecule has 1 aliphatic heterocycles. The van der Waals surface area contributed by atoms with E-state index in [9.17, 15) is 10.2 Å². The third-order valence-electron chi connectivity index (χ3n) is 6.80. The van der Waals surface area contributed by atoms with Gasteiger partial charge in [-0.25, -0.2) is 0 Å².